The van der Waals surface area contributed by atoms with Gasteiger partial charge in [0.1, 0.15) is 0 Å². The third-order valence-electron chi connectivity index (χ3n) is 3.00. The molecule has 0 atom stereocenters. The highest BCUT2D eigenvalue weighted by Gasteiger charge is 2.63. The van der Waals surface area contributed by atoms with E-state index in [0.717, 1.165) is 0 Å². The standard InChI is InChI=1S/C24H54O10SSi2/c1-19(2,3)27-36(28-20(4,5)6,29-21(7,8)9)33-35(25,26)34-37(30-22(10,11)12,31-23(13,14)15)32-24(16,17)18/h1-18H3. The van der Waals surface area contributed by atoms with E-state index < -0.39 is 62.1 Å². The molecule has 0 aliphatic rings. The molecule has 0 amide bonds. The van der Waals surface area contributed by atoms with Gasteiger partial charge < -0.3 is 26.6 Å². The van der Waals surface area contributed by atoms with Crippen molar-refractivity contribution in [1.82, 2.24) is 0 Å². The normalized spacial score (nSPS) is 15.8. The van der Waals surface area contributed by atoms with Crippen LogP contribution >= 0.6 is 0 Å². The first-order chi connectivity index (χ1) is 15.7. The molecule has 224 valence electrons. The van der Waals surface area contributed by atoms with Gasteiger partial charge in [0, 0.05) is 0 Å². The van der Waals surface area contributed by atoms with Crippen LogP contribution in [-0.4, -0.2) is 60.1 Å². The quantitative estimate of drug-likeness (QED) is 0.280. The van der Waals surface area contributed by atoms with Gasteiger partial charge in [-0.25, -0.2) is 7.74 Å². The summed E-state index contributed by atoms with van der Waals surface area (Å²) in [5.41, 5.74) is -5.34. The van der Waals surface area contributed by atoms with Crippen LogP contribution in [0.1, 0.15) is 125 Å². The minimum Gasteiger partial charge on any atom is -0.346 e. The summed E-state index contributed by atoms with van der Waals surface area (Å²) < 4.78 is 75.6. The summed E-state index contributed by atoms with van der Waals surface area (Å²) in [4.78, 5) is 0. The largest absolute Gasteiger partial charge is 0.697 e. The van der Waals surface area contributed by atoms with Crippen LogP contribution in [-0.2, 0) is 44.7 Å². The van der Waals surface area contributed by atoms with E-state index in [4.69, 9.17) is 34.3 Å². The molecule has 0 aliphatic carbocycles. The molecule has 0 fully saturated rings. The maximum Gasteiger partial charge on any atom is 0.697 e. The second kappa shape index (κ2) is 11.5. The van der Waals surface area contributed by atoms with Gasteiger partial charge in [-0.3, -0.25) is 0 Å². The van der Waals surface area contributed by atoms with E-state index in [1.54, 1.807) is 125 Å². The van der Waals surface area contributed by atoms with E-state index >= 15 is 0 Å². The van der Waals surface area contributed by atoms with E-state index in [1.807, 2.05) is 0 Å². The van der Waals surface area contributed by atoms with Crippen LogP contribution in [0.4, 0.5) is 0 Å². The molecule has 0 saturated carbocycles. The van der Waals surface area contributed by atoms with Gasteiger partial charge in [0.05, 0.1) is 33.6 Å². The Balaban J connectivity index is 6.95. The lowest BCUT2D eigenvalue weighted by Crippen LogP contribution is -2.63. The highest BCUT2D eigenvalue weighted by atomic mass is 32.3. The fourth-order valence-corrected chi connectivity index (χ4v) is 10.8. The SMILES string of the molecule is CC(C)(C)O[Si](OC(C)(C)C)(OC(C)(C)C)OS(=O)(=O)O[Si](OC(C)(C)C)(OC(C)(C)C)OC(C)(C)C. The molecule has 0 radical (unpaired) electrons. The molecule has 0 aromatic rings. The van der Waals surface area contributed by atoms with Crippen molar-refractivity contribution in [3.05, 3.63) is 0 Å². The van der Waals surface area contributed by atoms with E-state index in [1.165, 1.54) is 0 Å². The first-order valence-electron chi connectivity index (χ1n) is 12.5. The van der Waals surface area contributed by atoms with Crippen molar-refractivity contribution in [2.24, 2.45) is 0 Å². The molecule has 0 aromatic carbocycles. The summed E-state index contributed by atoms with van der Waals surface area (Å²) >= 11 is 0. The van der Waals surface area contributed by atoms with Crippen LogP contribution < -0.4 is 0 Å². The van der Waals surface area contributed by atoms with Crippen LogP contribution in [0.2, 0.25) is 0 Å². The van der Waals surface area contributed by atoms with E-state index in [2.05, 4.69) is 0 Å². The smallest absolute Gasteiger partial charge is 0.346 e. The van der Waals surface area contributed by atoms with Crippen molar-refractivity contribution >= 4 is 28.5 Å². The fraction of sp³-hybridized carbons (Fsp3) is 1.00. The second-order valence-corrected chi connectivity index (χ2v) is 20.2. The van der Waals surface area contributed by atoms with Gasteiger partial charge in [-0.1, -0.05) is 0 Å². The molecule has 0 aromatic heterocycles. The van der Waals surface area contributed by atoms with Gasteiger partial charge >= 0.3 is 28.5 Å². The van der Waals surface area contributed by atoms with Crippen LogP contribution in [0.25, 0.3) is 0 Å². The van der Waals surface area contributed by atoms with Gasteiger partial charge in [0.2, 0.25) is 0 Å². The maximum atomic E-state index is 13.7. The lowest BCUT2D eigenvalue weighted by Gasteiger charge is -2.42. The maximum absolute atomic E-state index is 13.7. The molecule has 37 heavy (non-hydrogen) atoms. The van der Waals surface area contributed by atoms with Crippen molar-refractivity contribution in [2.45, 2.75) is 158 Å². The molecule has 0 spiro atoms. The Labute approximate surface area is 229 Å². The van der Waals surface area contributed by atoms with Crippen LogP contribution in [0.5, 0.6) is 0 Å². The summed E-state index contributed by atoms with van der Waals surface area (Å²) in [6.45, 7) is 31.4. The highest BCUT2D eigenvalue weighted by molar-refractivity contribution is 7.83. The topological polar surface area (TPSA) is 108 Å². The summed E-state index contributed by atoms with van der Waals surface area (Å²) in [6.07, 6.45) is 0. The van der Waals surface area contributed by atoms with Crippen molar-refractivity contribution in [3.63, 3.8) is 0 Å². The third-order valence-corrected chi connectivity index (χ3v) is 11.4. The fourth-order valence-electron chi connectivity index (χ4n) is 2.74. The number of rotatable bonds is 10. The summed E-state index contributed by atoms with van der Waals surface area (Å²) in [6, 6.07) is 0. The van der Waals surface area contributed by atoms with Gasteiger partial charge in [0.15, 0.2) is 0 Å². The summed E-state index contributed by atoms with van der Waals surface area (Å²) in [5, 5.41) is 0. The van der Waals surface area contributed by atoms with Gasteiger partial charge in [-0.2, -0.15) is 8.42 Å². The average Bonchev–Trinajstić information content (AvgIpc) is 2.29. The summed E-state index contributed by atoms with van der Waals surface area (Å²) in [5.74, 6) is 0. The molecule has 0 N–H and O–H groups in total. The van der Waals surface area contributed by atoms with Crippen molar-refractivity contribution in [2.75, 3.05) is 0 Å². The summed E-state index contributed by atoms with van der Waals surface area (Å²) in [7, 11) is -13.9. The van der Waals surface area contributed by atoms with E-state index in [9.17, 15) is 8.42 Å². The molecular formula is C24H54O10SSi2. The van der Waals surface area contributed by atoms with Crippen LogP contribution in [0, 0.1) is 0 Å². The molecular weight excluding hydrogens is 536 g/mol. The van der Waals surface area contributed by atoms with Crippen LogP contribution in [0.3, 0.4) is 0 Å². The Morgan fingerprint density at radius 1 is 0.351 bits per heavy atom. The Morgan fingerprint density at radius 3 is 0.595 bits per heavy atom. The highest BCUT2D eigenvalue weighted by Crippen LogP contribution is 2.35. The zero-order chi connectivity index (χ0) is 30.2. The monoisotopic (exact) mass is 590 g/mol. The van der Waals surface area contributed by atoms with Crippen LogP contribution in [0.15, 0.2) is 0 Å². The number of hydrogen-bond acceptors (Lipinski definition) is 10. The van der Waals surface area contributed by atoms with Gasteiger partial charge in [-0.15, -0.1) is 0 Å². The Kier molecular flexibility index (Phi) is 11.5. The Morgan fingerprint density at radius 2 is 0.486 bits per heavy atom. The molecule has 0 bridgehead atoms. The lowest BCUT2D eigenvalue weighted by molar-refractivity contribution is -0.121. The van der Waals surface area contributed by atoms with Crippen molar-refractivity contribution in [3.8, 4) is 0 Å². The van der Waals surface area contributed by atoms with Gasteiger partial charge in [-0.05, 0) is 125 Å². The predicted octanol–water partition coefficient (Wildman–Crippen LogP) is 6.03. The molecule has 0 unspecified atom stereocenters. The average molecular weight is 591 g/mol. The molecule has 0 saturated heterocycles. The Bertz CT molecular complexity index is 688. The van der Waals surface area contributed by atoms with Crippen molar-refractivity contribution < 1.29 is 42.7 Å². The first-order valence-corrected chi connectivity index (χ1v) is 17.1. The molecule has 0 aliphatic heterocycles. The minimum atomic E-state index is -4.96. The minimum absolute atomic E-state index is 0.890. The molecule has 10 nitrogen and oxygen atoms in total. The van der Waals surface area contributed by atoms with E-state index in [0.29, 0.717) is 0 Å². The lowest BCUT2D eigenvalue weighted by atomic mass is 10.2. The third kappa shape index (κ3) is 18.1. The molecule has 0 rings (SSSR count). The molecule has 0 heterocycles. The van der Waals surface area contributed by atoms with Crippen molar-refractivity contribution in [1.29, 1.82) is 0 Å². The second-order valence-electron chi connectivity index (χ2n) is 14.9. The molecule has 13 heteroatoms. The first kappa shape index (κ1) is 37.1. The van der Waals surface area contributed by atoms with E-state index in [-0.39, 0.29) is 0 Å². The zero-order valence-electron chi connectivity index (χ0n) is 26.5. The number of hydrogen-bond donors (Lipinski definition) is 0. The van der Waals surface area contributed by atoms with Gasteiger partial charge in [0.25, 0.3) is 0 Å². The Hall–Kier alpha value is 0.0638. The zero-order valence-corrected chi connectivity index (χ0v) is 29.3. The predicted molar refractivity (Wildman–Crippen MR) is 148 cm³/mol.